The second kappa shape index (κ2) is 10.3. The molecule has 0 atom stereocenters. The van der Waals surface area contributed by atoms with Gasteiger partial charge in [0.05, 0.1) is 23.6 Å². The van der Waals surface area contributed by atoms with Crippen LogP contribution in [-0.2, 0) is 9.53 Å². The Kier molecular flexibility index (Phi) is 7.80. The molecule has 0 bridgehead atoms. The molecule has 0 spiro atoms. The minimum absolute atomic E-state index is 0.0896. The van der Waals surface area contributed by atoms with Crippen LogP contribution in [0.1, 0.15) is 40.2 Å². The molecule has 31 heavy (non-hydrogen) atoms. The van der Waals surface area contributed by atoms with E-state index in [1.54, 1.807) is 51.1 Å². The number of anilines is 1. The van der Waals surface area contributed by atoms with Crippen LogP contribution in [0.15, 0.2) is 36.5 Å². The van der Waals surface area contributed by atoms with Crippen LogP contribution in [0.3, 0.4) is 0 Å². The highest BCUT2D eigenvalue weighted by Gasteiger charge is 2.16. The van der Waals surface area contributed by atoms with Crippen molar-refractivity contribution >= 4 is 17.7 Å². The molecule has 9 nitrogen and oxygen atoms in total. The number of hydrogen-bond acceptors (Lipinski definition) is 7. The summed E-state index contributed by atoms with van der Waals surface area (Å²) in [5.41, 5.74) is 0.204. The summed E-state index contributed by atoms with van der Waals surface area (Å²) in [6.45, 7) is 8.70. The van der Waals surface area contributed by atoms with Gasteiger partial charge in [-0.05, 0) is 52.8 Å². The Bertz CT molecular complexity index is 959. The van der Waals surface area contributed by atoms with Crippen molar-refractivity contribution in [2.24, 2.45) is 0 Å². The van der Waals surface area contributed by atoms with Crippen LogP contribution in [0.25, 0.3) is 0 Å². The van der Waals surface area contributed by atoms with Crippen molar-refractivity contribution in [2.45, 2.75) is 46.3 Å². The first kappa shape index (κ1) is 23.5. The predicted molar refractivity (Wildman–Crippen MR) is 114 cm³/mol. The number of carbonyl (C=O) groups is 2. The number of nitrogens with zero attached hydrogens (tertiary/aromatic N) is 2. The van der Waals surface area contributed by atoms with Crippen molar-refractivity contribution in [3.8, 4) is 23.4 Å². The fraction of sp³-hybridized carbons (Fsp3) is 0.364. The Morgan fingerprint density at radius 3 is 2.52 bits per heavy atom. The molecule has 0 aliphatic rings. The fourth-order valence-corrected chi connectivity index (χ4v) is 2.32. The van der Waals surface area contributed by atoms with E-state index in [4.69, 9.17) is 14.2 Å². The Morgan fingerprint density at radius 2 is 1.94 bits per heavy atom. The van der Waals surface area contributed by atoms with E-state index in [0.717, 1.165) is 0 Å². The zero-order valence-corrected chi connectivity index (χ0v) is 18.2. The van der Waals surface area contributed by atoms with Crippen molar-refractivity contribution in [3.05, 3.63) is 42.1 Å². The third kappa shape index (κ3) is 8.22. The van der Waals surface area contributed by atoms with Gasteiger partial charge in [-0.2, -0.15) is 5.26 Å². The average molecular weight is 426 g/mol. The lowest BCUT2D eigenvalue weighted by molar-refractivity contribution is -0.115. The van der Waals surface area contributed by atoms with Gasteiger partial charge in [0.15, 0.2) is 0 Å². The maximum atomic E-state index is 12.0. The summed E-state index contributed by atoms with van der Waals surface area (Å²) in [6, 6.07) is 10.1. The Labute approximate surface area is 181 Å². The molecule has 0 aliphatic heterocycles. The molecule has 164 valence electrons. The summed E-state index contributed by atoms with van der Waals surface area (Å²) in [4.78, 5) is 27.7. The molecule has 9 heteroatoms. The zero-order valence-electron chi connectivity index (χ0n) is 18.2. The number of nitriles is 1. The topological polar surface area (TPSA) is 123 Å². The molecular weight excluding hydrogens is 400 g/mol. The van der Waals surface area contributed by atoms with Crippen LogP contribution in [0.5, 0.6) is 17.4 Å². The van der Waals surface area contributed by atoms with Gasteiger partial charge in [0.2, 0.25) is 11.8 Å². The SMILES string of the molecule is CC(C)Oc1cc(Oc2ccc(NC(=O)CNC(=O)OC(C)(C)C)cn2)ccc1C#N. The minimum Gasteiger partial charge on any atom is -0.489 e. The van der Waals surface area contributed by atoms with E-state index in [-0.39, 0.29) is 12.6 Å². The molecule has 2 amide bonds. The van der Waals surface area contributed by atoms with Gasteiger partial charge in [-0.25, -0.2) is 9.78 Å². The highest BCUT2D eigenvalue weighted by Crippen LogP contribution is 2.28. The molecule has 0 unspecified atom stereocenters. The smallest absolute Gasteiger partial charge is 0.408 e. The van der Waals surface area contributed by atoms with Crippen molar-refractivity contribution in [1.82, 2.24) is 10.3 Å². The molecule has 2 N–H and O–H groups in total. The second-order valence-corrected chi connectivity index (χ2v) is 7.83. The molecule has 1 aromatic heterocycles. The monoisotopic (exact) mass is 426 g/mol. The van der Waals surface area contributed by atoms with Crippen molar-refractivity contribution in [2.75, 3.05) is 11.9 Å². The first-order valence-electron chi connectivity index (χ1n) is 9.67. The highest BCUT2D eigenvalue weighted by molar-refractivity contribution is 5.93. The van der Waals surface area contributed by atoms with Gasteiger partial charge < -0.3 is 24.8 Å². The number of rotatable bonds is 7. The Morgan fingerprint density at radius 1 is 1.19 bits per heavy atom. The number of aromatic nitrogens is 1. The number of alkyl carbamates (subject to hydrolysis) is 1. The summed E-state index contributed by atoms with van der Waals surface area (Å²) >= 11 is 0. The number of ether oxygens (including phenoxy) is 3. The molecule has 0 saturated heterocycles. The number of benzene rings is 1. The van der Waals surface area contributed by atoms with Gasteiger partial charge in [-0.15, -0.1) is 0 Å². The third-order valence-electron chi connectivity index (χ3n) is 3.47. The number of pyridine rings is 1. The standard InChI is InChI=1S/C22H26N4O5/c1-14(2)29-18-10-17(8-6-15(18)11-23)30-20-9-7-16(12-24-20)26-19(27)13-25-21(28)31-22(3,4)5/h6-10,12,14H,13H2,1-5H3,(H,25,28)(H,26,27). The van der Waals surface area contributed by atoms with Crippen LogP contribution >= 0.6 is 0 Å². The number of amides is 2. The van der Waals surface area contributed by atoms with Gasteiger partial charge in [0, 0.05) is 12.1 Å². The normalized spacial score (nSPS) is 10.7. The van der Waals surface area contributed by atoms with Gasteiger partial charge in [-0.3, -0.25) is 4.79 Å². The molecule has 2 rings (SSSR count). The molecule has 0 radical (unpaired) electrons. The lowest BCUT2D eigenvalue weighted by atomic mass is 10.2. The number of carbonyl (C=O) groups excluding carboxylic acids is 2. The van der Waals surface area contributed by atoms with Crippen LogP contribution in [0, 0.1) is 11.3 Å². The zero-order chi connectivity index (χ0) is 23.0. The predicted octanol–water partition coefficient (Wildman–Crippen LogP) is 4.00. The molecule has 1 aromatic carbocycles. The molecule has 1 heterocycles. The largest absolute Gasteiger partial charge is 0.489 e. The van der Waals surface area contributed by atoms with E-state index in [2.05, 4.69) is 21.7 Å². The molecule has 2 aromatic rings. The Hall–Kier alpha value is -3.80. The van der Waals surface area contributed by atoms with E-state index in [1.165, 1.54) is 6.20 Å². The molecule has 0 fully saturated rings. The first-order valence-corrected chi connectivity index (χ1v) is 9.67. The summed E-state index contributed by atoms with van der Waals surface area (Å²) in [5, 5.41) is 14.2. The highest BCUT2D eigenvalue weighted by atomic mass is 16.6. The van der Waals surface area contributed by atoms with Gasteiger partial charge in [0.1, 0.15) is 29.7 Å². The minimum atomic E-state index is -0.673. The summed E-state index contributed by atoms with van der Waals surface area (Å²) in [7, 11) is 0. The van der Waals surface area contributed by atoms with Crippen molar-refractivity contribution in [1.29, 1.82) is 5.26 Å². The second-order valence-electron chi connectivity index (χ2n) is 7.83. The molecule has 0 saturated carbocycles. The molecular formula is C22H26N4O5. The van der Waals surface area contributed by atoms with Crippen molar-refractivity contribution in [3.63, 3.8) is 0 Å². The Balaban J connectivity index is 1.93. The van der Waals surface area contributed by atoms with E-state index >= 15 is 0 Å². The maximum Gasteiger partial charge on any atom is 0.408 e. The van der Waals surface area contributed by atoms with E-state index in [0.29, 0.717) is 28.6 Å². The van der Waals surface area contributed by atoms with E-state index in [9.17, 15) is 14.9 Å². The first-order chi connectivity index (χ1) is 14.6. The van der Waals surface area contributed by atoms with Crippen molar-refractivity contribution < 1.29 is 23.8 Å². The molecule has 0 aliphatic carbocycles. The fourth-order valence-electron chi connectivity index (χ4n) is 2.32. The summed E-state index contributed by atoms with van der Waals surface area (Å²) < 4.78 is 16.4. The van der Waals surface area contributed by atoms with Gasteiger partial charge in [0.25, 0.3) is 0 Å². The summed E-state index contributed by atoms with van der Waals surface area (Å²) in [5.74, 6) is 0.755. The van der Waals surface area contributed by atoms with Gasteiger partial charge in [-0.1, -0.05) is 0 Å². The van der Waals surface area contributed by atoms with Crippen LogP contribution < -0.4 is 20.1 Å². The number of nitrogens with one attached hydrogen (secondary N) is 2. The number of hydrogen-bond donors (Lipinski definition) is 2. The third-order valence-corrected chi connectivity index (χ3v) is 3.47. The van der Waals surface area contributed by atoms with Crippen LogP contribution in [0.2, 0.25) is 0 Å². The lowest BCUT2D eigenvalue weighted by Crippen LogP contribution is -2.37. The quantitative estimate of drug-likeness (QED) is 0.686. The van der Waals surface area contributed by atoms with Gasteiger partial charge >= 0.3 is 6.09 Å². The maximum absolute atomic E-state index is 12.0. The van der Waals surface area contributed by atoms with Crippen LogP contribution in [-0.4, -0.2) is 35.2 Å². The lowest BCUT2D eigenvalue weighted by Gasteiger charge is -2.19. The summed E-state index contributed by atoms with van der Waals surface area (Å²) in [6.07, 6.45) is 0.663. The average Bonchev–Trinajstić information content (AvgIpc) is 2.66. The van der Waals surface area contributed by atoms with E-state index in [1.807, 2.05) is 13.8 Å². The van der Waals surface area contributed by atoms with E-state index < -0.39 is 17.6 Å². The van der Waals surface area contributed by atoms with Crippen LogP contribution in [0.4, 0.5) is 10.5 Å².